The maximum Gasteiger partial charge on any atom is 0.319 e. The normalized spacial score (nSPS) is 25.1. The third-order valence-electron chi connectivity index (χ3n) is 7.84. The molecular weight excluding hydrogens is 386 g/mol. The minimum atomic E-state index is -0.363. The standard InChI is InChI=1S/C23H28ClN3O2/c24-17-13-15-12-16(14-27-10-8-22(6-7-22)9-11-27)29-20(15)18-19(17)25-21(28)26-23(18)4-2-1-3-5-23/h12-13H,1-11,14H2,(H2,25,26,28). The van der Waals surface area contributed by atoms with Gasteiger partial charge in [-0.25, -0.2) is 4.79 Å². The number of benzene rings is 1. The summed E-state index contributed by atoms with van der Waals surface area (Å²) in [5.41, 5.74) is 3.01. The number of nitrogens with one attached hydrogen (secondary N) is 2. The lowest BCUT2D eigenvalue weighted by Gasteiger charge is -2.42. The lowest BCUT2D eigenvalue weighted by Crippen LogP contribution is -2.52. The van der Waals surface area contributed by atoms with E-state index in [1.165, 1.54) is 32.1 Å². The molecule has 1 aromatic heterocycles. The van der Waals surface area contributed by atoms with Crippen molar-refractivity contribution in [3.63, 3.8) is 0 Å². The highest BCUT2D eigenvalue weighted by Crippen LogP contribution is 2.54. The number of rotatable bonds is 2. The van der Waals surface area contributed by atoms with Crippen LogP contribution in [0.15, 0.2) is 16.5 Å². The average molecular weight is 414 g/mol. The van der Waals surface area contributed by atoms with Gasteiger partial charge in [-0.1, -0.05) is 30.9 Å². The van der Waals surface area contributed by atoms with Crippen LogP contribution >= 0.6 is 11.6 Å². The second kappa shape index (κ2) is 6.39. The predicted octanol–water partition coefficient (Wildman–Crippen LogP) is 5.76. The van der Waals surface area contributed by atoms with Crippen LogP contribution in [0, 0.1) is 5.41 Å². The third-order valence-corrected chi connectivity index (χ3v) is 8.14. The van der Waals surface area contributed by atoms with Crippen LogP contribution in [0.1, 0.15) is 69.1 Å². The first-order valence-corrected chi connectivity index (χ1v) is 11.5. The molecule has 6 heteroatoms. The summed E-state index contributed by atoms with van der Waals surface area (Å²) < 4.78 is 6.46. The number of hydrogen-bond acceptors (Lipinski definition) is 3. The number of fused-ring (bicyclic) bond motifs is 4. The van der Waals surface area contributed by atoms with E-state index in [2.05, 4.69) is 21.6 Å². The first-order valence-electron chi connectivity index (χ1n) is 11.1. The number of likely N-dealkylation sites (tertiary alicyclic amines) is 1. The van der Waals surface area contributed by atoms with Gasteiger partial charge in [-0.2, -0.15) is 0 Å². The summed E-state index contributed by atoms with van der Waals surface area (Å²) in [4.78, 5) is 14.9. The van der Waals surface area contributed by atoms with E-state index >= 15 is 0 Å². The minimum Gasteiger partial charge on any atom is -0.459 e. The number of hydrogen-bond donors (Lipinski definition) is 2. The maximum atomic E-state index is 12.4. The van der Waals surface area contributed by atoms with E-state index in [0.29, 0.717) is 10.4 Å². The SMILES string of the molecule is O=C1Nc2c(Cl)cc3cc(CN4CCC5(CC4)CC5)oc3c2C2(CCCCC2)N1. The van der Waals surface area contributed by atoms with Crippen molar-refractivity contribution in [3.8, 4) is 0 Å². The van der Waals surface area contributed by atoms with Gasteiger partial charge < -0.3 is 15.1 Å². The molecule has 0 atom stereocenters. The van der Waals surface area contributed by atoms with Crippen molar-refractivity contribution in [2.24, 2.45) is 5.41 Å². The van der Waals surface area contributed by atoms with E-state index < -0.39 is 0 Å². The molecule has 2 spiro atoms. The zero-order valence-electron chi connectivity index (χ0n) is 16.8. The average Bonchev–Trinajstić information content (AvgIpc) is 3.35. The molecule has 29 heavy (non-hydrogen) atoms. The van der Waals surface area contributed by atoms with E-state index in [1.54, 1.807) is 0 Å². The predicted molar refractivity (Wildman–Crippen MR) is 114 cm³/mol. The molecule has 3 fully saturated rings. The summed E-state index contributed by atoms with van der Waals surface area (Å²) in [6, 6.07) is 3.94. The first kappa shape index (κ1) is 18.1. The van der Waals surface area contributed by atoms with Crippen LogP contribution in [0.3, 0.4) is 0 Å². The molecular formula is C23H28ClN3O2. The number of amides is 2. The Bertz CT molecular complexity index is 978. The molecule has 6 rings (SSSR count). The van der Waals surface area contributed by atoms with Crippen molar-refractivity contribution < 1.29 is 9.21 Å². The highest BCUT2D eigenvalue weighted by Gasteiger charge is 2.45. The van der Waals surface area contributed by atoms with Gasteiger partial charge in [0.2, 0.25) is 0 Å². The summed E-state index contributed by atoms with van der Waals surface area (Å²) in [7, 11) is 0. The van der Waals surface area contributed by atoms with Crippen LogP contribution in [0.2, 0.25) is 5.02 Å². The van der Waals surface area contributed by atoms with E-state index in [-0.39, 0.29) is 11.6 Å². The van der Waals surface area contributed by atoms with Gasteiger partial charge >= 0.3 is 6.03 Å². The lowest BCUT2D eigenvalue weighted by atomic mass is 9.74. The van der Waals surface area contributed by atoms with Crippen LogP contribution in [0.4, 0.5) is 10.5 Å². The molecule has 0 bridgehead atoms. The van der Waals surface area contributed by atoms with Gasteiger partial charge in [-0.05, 0) is 69.2 Å². The molecule has 0 unspecified atom stereocenters. The Morgan fingerprint density at radius 1 is 1.03 bits per heavy atom. The molecule has 4 aliphatic rings. The number of carbonyl (C=O) groups is 1. The van der Waals surface area contributed by atoms with Crippen molar-refractivity contribution in [1.82, 2.24) is 10.2 Å². The maximum absolute atomic E-state index is 12.4. The zero-order valence-corrected chi connectivity index (χ0v) is 17.5. The number of halogens is 1. The van der Waals surface area contributed by atoms with Gasteiger partial charge in [0, 0.05) is 10.9 Å². The summed E-state index contributed by atoms with van der Waals surface area (Å²) in [5.74, 6) is 0.999. The third kappa shape index (κ3) is 2.97. The van der Waals surface area contributed by atoms with Crippen LogP contribution < -0.4 is 10.6 Å². The highest BCUT2D eigenvalue weighted by atomic mass is 35.5. The molecule has 154 valence electrons. The summed E-state index contributed by atoms with van der Waals surface area (Å²) in [6.07, 6.45) is 10.8. The molecule has 1 saturated heterocycles. The monoisotopic (exact) mass is 413 g/mol. The minimum absolute atomic E-state index is 0.158. The number of anilines is 1. The van der Waals surface area contributed by atoms with Crippen molar-refractivity contribution in [2.45, 2.75) is 69.9 Å². The zero-order chi connectivity index (χ0) is 19.6. The van der Waals surface area contributed by atoms with Gasteiger partial charge in [-0.15, -0.1) is 0 Å². The van der Waals surface area contributed by atoms with Crippen LogP contribution in [0.5, 0.6) is 0 Å². The van der Waals surface area contributed by atoms with Crippen LogP contribution in [0.25, 0.3) is 11.0 Å². The van der Waals surface area contributed by atoms with E-state index in [9.17, 15) is 4.79 Å². The van der Waals surface area contributed by atoms with Crippen LogP contribution in [-0.4, -0.2) is 24.0 Å². The Hall–Kier alpha value is -1.72. The van der Waals surface area contributed by atoms with Gasteiger partial charge in [0.05, 0.1) is 22.8 Å². The Balaban J connectivity index is 1.38. The van der Waals surface area contributed by atoms with Gasteiger partial charge in [0.25, 0.3) is 0 Å². The fourth-order valence-electron chi connectivity index (χ4n) is 5.90. The van der Waals surface area contributed by atoms with Crippen molar-refractivity contribution in [3.05, 3.63) is 28.5 Å². The summed E-state index contributed by atoms with van der Waals surface area (Å²) in [6.45, 7) is 3.18. The highest BCUT2D eigenvalue weighted by molar-refractivity contribution is 6.35. The molecule has 2 N–H and O–H groups in total. The molecule has 3 heterocycles. The van der Waals surface area contributed by atoms with Gasteiger partial charge in [0.1, 0.15) is 11.3 Å². The van der Waals surface area contributed by atoms with Crippen LogP contribution in [-0.2, 0) is 12.1 Å². The Labute approximate surface area is 176 Å². The molecule has 2 aliphatic heterocycles. The Morgan fingerprint density at radius 3 is 2.52 bits per heavy atom. The van der Waals surface area contributed by atoms with Crippen molar-refractivity contribution in [1.29, 1.82) is 0 Å². The molecule has 1 aromatic carbocycles. The number of piperidine rings is 1. The fraction of sp³-hybridized carbons (Fsp3) is 0.609. The quantitative estimate of drug-likeness (QED) is 0.658. The van der Waals surface area contributed by atoms with Crippen molar-refractivity contribution in [2.75, 3.05) is 18.4 Å². The molecule has 2 aromatic rings. The van der Waals surface area contributed by atoms with E-state index in [1.807, 2.05) is 6.07 Å². The molecule has 2 amide bonds. The second-order valence-corrected chi connectivity index (χ2v) is 10.1. The smallest absolute Gasteiger partial charge is 0.319 e. The largest absolute Gasteiger partial charge is 0.459 e. The van der Waals surface area contributed by atoms with Gasteiger partial charge in [-0.3, -0.25) is 4.90 Å². The number of furan rings is 1. The molecule has 2 saturated carbocycles. The molecule has 0 radical (unpaired) electrons. The Morgan fingerprint density at radius 2 is 1.79 bits per heavy atom. The fourth-order valence-corrected chi connectivity index (χ4v) is 6.16. The first-order chi connectivity index (χ1) is 14.1. The van der Waals surface area contributed by atoms with Gasteiger partial charge in [0.15, 0.2) is 0 Å². The molecule has 5 nitrogen and oxygen atoms in total. The topological polar surface area (TPSA) is 57.5 Å². The summed E-state index contributed by atoms with van der Waals surface area (Å²) in [5, 5.41) is 7.83. The van der Waals surface area contributed by atoms with E-state index in [4.69, 9.17) is 16.0 Å². The lowest BCUT2D eigenvalue weighted by molar-refractivity contribution is 0.157. The van der Waals surface area contributed by atoms with Crippen molar-refractivity contribution >= 4 is 34.3 Å². The molecule has 2 aliphatic carbocycles. The second-order valence-electron chi connectivity index (χ2n) is 9.74. The summed E-state index contributed by atoms with van der Waals surface area (Å²) >= 11 is 6.63. The number of urea groups is 1. The number of carbonyl (C=O) groups excluding carboxylic acids is 1. The number of nitrogens with zero attached hydrogens (tertiary/aromatic N) is 1. The Kier molecular flexibility index (Phi) is 3.98. The van der Waals surface area contributed by atoms with E-state index in [0.717, 1.165) is 73.3 Å².